The van der Waals surface area contributed by atoms with Crippen LogP contribution >= 0.6 is 0 Å². The highest BCUT2D eigenvalue weighted by molar-refractivity contribution is 5.70. The highest BCUT2D eigenvalue weighted by atomic mass is 16.6. The minimum absolute atomic E-state index is 0.120. The summed E-state index contributed by atoms with van der Waals surface area (Å²) in [6, 6.07) is 6.34. The molecule has 1 unspecified atom stereocenters. The van der Waals surface area contributed by atoms with E-state index in [0.717, 1.165) is 19.3 Å². The molecule has 1 spiro atoms. The number of aryl methyl sites for hydroxylation is 1. The second-order valence-corrected chi connectivity index (χ2v) is 10.8. The molecule has 1 fully saturated rings. The Hall–Kier alpha value is -2.24. The van der Waals surface area contributed by atoms with Crippen molar-refractivity contribution in [1.29, 1.82) is 0 Å². The molecule has 0 saturated carbocycles. The van der Waals surface area contributed by atoms with Gasteiger partial charge in [-0.05, 0) is 78.9 Å². The predicted molar refractivity (Wildman–Crippen MR) is 116 cm³/mol. The van der Waals surface area contributed by atoms with Crippen molar-refractivity contribution >= 4 is 12.2 Å². The predicted octanol–water partition coefficient (Wildman–Crippen LogP) is 5.13. The van der Waals surface area contributed by atoms with Gasteiger partial charge in [0.15, 0.2) is 0 Å². The molecule has 166 valence electrons. The van der Waals surface area contributed by atoms with Crippen LogP contribution in [0.15, 0.2) is 18.2 Å². The van der Waals surface area contributed by atoms with Crippen LogP contribution in [-0.2, 0) is 15.9 Å². The molecule has 1 aliphatic heterocycles. The molecule has 1 atom stereocenters. The van der Waals surface area contributed by atoms with E-state index in [1.165, 1.54) is 16.7 Å². The first-order valence-corrected chi connectivity index (χ1v) is 10.8. The molecule has 30 heavy (non-hydrogen) atoms. The van der Waals surface area contributed by atoms with Crippen LogP contribution in [0.25, 0.3) is 0 Å². The number of amides is 2. The molecule has 0 aromatic heterocycles. The highest BCUT2D eigenvalue weighted by Crippen LogP contribution is 2.52. The first kappa shape index (κ1) is 22.4. The van der Waals surface area contributed by atoms with Gasteiger partial charge < -0.3 is 19.7 Å². The number of nitrogens with zero attached hydrogens (tertiary/aromatic N) is 1. The number of piperidine rings is 1. The Morgan fingerprint density at radius 2 is 1.63 bits per heavy atom. The smallest absolute Gasteiger partial charge is 0.410 e. The third kappa shape index (κ3) is 5.08. The number of nitrogens with one attached hydrogen (secondary N) is 1. The fraction of sp³-hybridized carbons (Fsp3) is 0.667. The van der Waals surface area contributed by atoms with Crippen LogP contribution in [0.3, 0.4) is 0 Å². The average Bonchev–Trinajstić information content (AvgIpc) is 2.85. The third-order valence-electron chi connectivity index (χ3n) is 5.84. The third-order valence-corrected chi connectivity index (χ3v) is 5.84. The largest absolute Gasteiger partial charge is 0.444 e. The summed E-state index contributed by atoms with van der Waals surface area (Å²) in [6.07, 6.45) is 1.85. The zero-order valence-corrected chi connectivity index (χ0v) is 19.4. The molecule has 1 saturated heterocycles. The number of likely N-dealkylation sites (tertiary alicyclic amines) is 1. The molecule has 1 aromatic carbocycles. The van der Waals surface area contributed by atoms with E-state index >= 15 is 0 Å². The normalized spacial score (nSPS) is 20.6. The minimum Gasteiger partial charge on any atom is -0.444 e. The van der Waals surface area contributed by atoms with E-state index in [4.69, 9.17) is 9.47 Å². The van der Waals surface area contributed by atoms with Crippen molar-refractivity contribution in [2.24, 2.45) is 5.41 Å². The first-order valence-electron chi connectivity index (χ1n) is 10.8. The number of hydrogen-bond acceptors (Lipinski definition) is 4. The second kappa shape index (κ2) is 7.78. The second-order valence-electron chi connectivity index (χ2n) is 10.8. The van der Waals surface area contributed by atoms with Gasteiger partial charge in [0, 0.05) is 18.5 Å². The number of carbonyl (C=O) groups is 2. The number of ether oxygens (including phenoxy) is 2. The van der Waals surface area contributed by atoms with Gasteiger partial charge in [0.2, 0.25) is 0 Å². The molecule has 1 N–H and O–H groups in total. The van der Waals surface area contributed by atoms with Gasteiger partial charge in [-0.1, -0.05) is 23.8 Å². The van der Waals surface area contributed by atoms with Crippen LogP contribution in [0.4, 0.5) is 9.59 Å². The SMILES string of the molecule is Cc1ccc2c(c1)C(NC(=O)OC(C)(C)C)C1(CCN(C(=O)OC(C)(C)C)CC1)C2. The number of fused-ring (bicyclic) bond motifs is 1. The Kier molecular flexibility index (Phi) is 5.82. The molecule has 2 amide bonds. The lowest BCUT2D eigenvalue weighted by Crippen LogP contribution is -2.49. The summed E-state index contributed by atoms with van der Waals surface area (Å²) in [4.78, 5) is 26.9. The summed E-state index contributed by atoms with van der Waals surface area (Å²) >= 11 is 0. The maximum atomic E-state index is 12.6. The van der Waals surface area contributed by atoms with Crippen molar-refractivity contribution in [1.82, 2.24) is 10.2 Å². The number of rotatable bonds is 1. The van der Waals surface area contributed by atoms with Gasteiger partial charge >= 0.3 is 12.2 Å². The molecule has 0 radical (unpaired) electrons. The number of alkyl carbamates (subject to hydrolysis) is 1. The molecular weight excluding hydrogens is 380 g/mol. The monoisotopic (exact) mass is 416 g/mol. The van der Waals surface area contributed by atoms with E-state index in [0.29, 0.717) is 13.1 Å². The highest BCUT2D eigenvalue weighted by Gasteiger charge is 2.49. The van der Waals surface area contributed by atoms with Gasteiger partial charge in [-0.2, -0.15) is 0 Å². The average molecular weight is 417 g/mol. The number of benzene rings is 1. The van der Waals surface area contributed by atoms with Gasteiger partial charge in [0.05, 0.1) is 6.04 Å². The maximum Gasteiger partial charge on any atom is 0.410 e. The molecule has 6 heteroatoms. The van der Waals surface area contributed by atoms with Crippen LogP contribution in [-0.4, -0.2) is 41.4 Å². The van der Waals surface area contributed by atoms with Crippen molar-refractivity contribution in [2.75, 3.05) is 13.1 Å². The zero-order valence-electron chi connectivity index (χ0n) is 19.4. The Balaban J connectivity index is 1.79. The summed E-state index contributed by atoms with van der Waals surface area (Å²) in [5.74, 6) is 0. The van der Waals surface area contributed by atoms with Gasteiger partial charge in [0.1, 0.15) is 11.2 Å². The van der Waals surface area contributed by atoms with E-state index in [2.05, 4.69) is 30.4 Å². The fourth-order valence-corrected chi connectivity index (χ4v) is 4.54. The molecule has 0 bridgehead atoms. The molecule has 1 aliphatic carbocycles. The molecule has 6 nitrogen and oxygen atoms in total. The van der Waals surface area contributed by atoms with Gasteiger partial charge in [-0.3, -0.25) is 0 Å². The summed E-state index contributed by atoms with van der Waals surface area (Å²) in [5.41, 5.74) is 2.44. The van der Waals surface area contributed by atoms with Crippen molar-refractivity contribution in [3.05, 3.63) is 34.9 Å². The van der Waals surface area contributed by atoms with Crippen LogP contribution in [0.5, 0.6) is 0 Å². The lowest BCUT2D eigenvalue weighted by molar-refractivity contribution is 0.00332. The van der Waals surface area contributed by atoms with E-state index in [9.17, 15) is 9.59 Å². The van der Waals surface area contributed by atoms with Crippen LogP contribution < -0.4 is 5.32 Å². The van der Waals surface area contributed by atoms with Crippen LogP contribution in [0.1, 0.15) is 77.1 Å². The van der Waals surface area contributed by atoms with E-state index in [1.807, 2.05) is 41.5 Å². The van der Waals surface area contributed by atoms with Crippen molar-refractivity contribution < 1.29 is 19.1 Å². The Morgan fingerprint density at radius 1 is 1.03 bits per heavy atom. The van der Waals surface area contributed by atoms with Crippen LogP contribution in [0, 0.1) is 12.3 Å². The number of carbonyl (C=O) groups excluding carboxylic acids is 2. The van der Waals surface area contributed by atoms with Gasteiger partial charge in [0.25, 0.3) is 0 Å². The lowest BCUT2D eigenvalue weighted by Gasteiger charge is -2.43. The molecule has 1 heterocycles. The first-order chi connectivity index (χ1) is 13.8. The van der Waals surface area contributed by atoms with Gasteiger partial charge in [-0.25, -0.2) is 9.59 Å². The summed E-state index contributed by atoms with van der Waals surface area (Å²) in [5, 5.41) is 3.17. The van der Waals surface area contributed by atoms with E-state index < -0.39 is 17.3 Å². The quantitative estimate of drug-likeness (QED) is 0.689. The standard InChI is InChI=1S/C24H36N2O4/c1-16-8-9-17-15-24(10-12-26(13-11-24)21(28)30-23(5,6)7)19(18(17)14-16)25-20(27)29-22(2,3)4/h8-9,14,19H,10-13,15H2,1-7H3,(H,25,27). The van der Waals surface area contributed by atoms with Crippen molar-refractivity contribution in [2.45, 2.75) is 85.0 Å². The summed E-state index contributed by atoms with van der Waals surface area (Å²) < 4.78 is 11.1. The minimum atomic E-state index is -0.550. The Bertz CT molecular complexity index is 811. The Morgan fingerprint density at radius 3 is 2.20 bits per heavy atom. The molecular formula is C24H36N2O4. The number of hydrogen-bond donors (Lipinski definition) is 1. The van der Waals surface area contributed by atoms with Crippen molar-refractivity contribution in [3.8, 4) is 0 Å². The fourth-order valence-electron chi connectivity index (χ4n) is 4.54. The summed E-state index contributed by atoms with van der Waals surface area (Å²) in [7, 11) is 0. The molecule has 3 rings (SSSR count). The molecule has 2 aliphatic rings. The molecule has 1 aromatic rings. The van der Waals surface area contributed by atoms with Crippen molar-refractivity contribution in [3.63, 3.8) is 0 Å². The topological polar surface area (TPSA) is 67.9 Å². The Labute approximate surface area is 180 Å². The van der Waals surface area contributed by atoms with E-state index in [-0.39, 0.29) is 17.6 Å². The lowest BCUT2D eigenvalue weighted by atomic mass is 9.73. The zero-order chi connectivity index (χ0) is 22.3. The summed E-state index contributed by atoms with van der Waals surface area (Å²) in [6.45, 7) is 14.6. The van der Waals surface area contributed by atoms with Crippen LogP contribution in [0.2, 0.25) is 0 Å². The van der Waals surface area contributed by atoms with E-state index in [1.54, 1.807) is 4.90 Å². The van der Waals surface area contributed by atoms with Gasteiger partial charge in [-0.15, -0.1) is 0 Å². The maximum absolute atomic E-state index is 12.6.